The van der Waals surface area contributed by atoms with Gasteiger partial charge in [0.25, 0.3) is 0 Å². The van der Waals surface area contributed by atoms with E-state index >= 15 is 0 Å². The third-order valence-corrected chi connectivity index (χ3v) is 3.00. The number of aryl methyl sites for hydroxylation is 2. The van der Waals surface area contributed by atoms with Crippen molar-refractivity contribution in [3.63, 3.8) is 0 Å². The lowest BCUT2D eigenvalue weighted by atomic mass is 10.1. The van der Waals surface area contributed by atoms with Crippen LogP contribution in [0.2, 0.25) is 0 Å². The average molecular weight is 256 g/mol. The van der Waals surface area contributed by atoms with Crippen LogP contribution in [0.3, 0.4) is 0 Å². The number of hydrogen-bond acceptors (Lipinski definition) is 3. The van der Waals surface area contributed by atoms with Crippen LogP contribution >= 0.6 is 0 Å². The van der Waals surface area contributed by atoms with Gasteiger partial charge in [-0.3, -0.25) is 0 Å². The highest BCUT2D eigenvalue weighted by atomic mass is 16.4. The van der Waals surface area contributed by atoms with E-state index in [2.05, 4.69) is 11.1 Å². The quantitative estimate of drug-likeness (QED) is 0.916. The van der Waals surface area contributed by atoms with E-state index in [0.717, 1.165) is 17.1 Å². The second-order valence-electron chi connectivity index (χ2n) is 4.57. The van der Waals surface area contributed by atoms with Crippen molar-refractivity contribution in [2.75, 3.05) is 11.9 Å². The van der Waals surface area contributed by atoms with E-state index in [1.165, 1.54) is 11.8 Å². The maximum absolute atomic E-state index is 10.9. The lowest BCUT2D eigenvalue weighted by Gasteiger charge is -2.20. The number of carbonyl (C=O) groups is 1. The molecule has 0 fully saturated rings. The zero-order valence-electron chi connectivity index (χ0n) is 11.2. The fraction of sp³-hybridized carbons (Fsp3) is 0.200. The highest BCUT2D eigenvalue weighted by Gasteiger charge is 2.11. The number of aromatic nitrogens is 1. The largest absolute Gasteiger partial charge is 0.478 e. The Kier molecular flexibility index (Phi) is 3.51. The number of rotatable bonds is 3. The molecule has 1 aromatic carbocycles. The minimum Gasteiger partial charge on any atom is -0.478 e. The van der Waals surface area contributed by atoms with Crippen LogP contribution in [-0.4, -0.2) is 23.1 Å². The molecule has 0 aliphatic heterocycles. The standard InChI is InChI=1S/C15H16N2O2/c1-10-5-4-6-13(7-10)17(3)14-11(2)8-12(9-16-14)15(18)19/h4-9H,1-3H3,(H,18,19). The Labute approximate surface area is 112 Å². The molecule has 1 heterocycles. The molecule has 4 heteroatoms. The summed E-state index contributed by atoms with van der Waals surface area (Å²) >= 11 is 0. The summed E-state index contributed by atoms with van der Waals surface area (Å²) in [5, 5.41) is 8.94. The summed E-state index contributed by atoms with van der Waals surface area (Å²) in [7, 11) is 1.92. The van der Waals surface area contributed by atoms with Crippen LogP contribution in [0, 0.1) is 13.8 Å². The monoisotopic (exact) mass is 256 g/mol. The molecular formula is C15H16N2O2. The first kappa shape index (κ1) is 13.1. The van der Waals surface area contributed by atoms with Gasteiger partial charge in [0.05, 0.1) is 5.56 Å². The average Bonchev–Trinajstić information content (AvgIpc) is 2.37. The summed E-state index contributed by atoms with van der Waals surface area (Å²) in [4.78, 5) is 17.1. The molecular weight excluding hydrogens is 240 g/mol. The van der Waals surface area contributed by atoms with E-state index in [1.807, 2.05) is 44.0 Å². The second kappa shape index (κ2) is 5.10. The molecule has 19 heavy (non-hydrogen) atoms. The highest BCUT2D eigenvalue weighted by Crippen LogP contribution is 2.25. The van der Waals surface area contributed by atoms with Crippen molar-refractivity contribution in [2.24, 2.45) is 0 Å². The van der Waals surface area contributed by atoms with Gasteiger partial charge in [-0.05, 0) is 43.2 Å². The first-order chi connectivity index (χ1) is 8.99. The van der Waals surface area contributed by atoms with Crippen LogP contribution in [0.15, 0.2) is 36.5 Å². The lowest BCUT2D eigenvalue weighted by molar-refractivity contribution is 0.0696. The van der Waals surface area contributed by atoms with Gasteiger partial charge in [0, 0.05) is 18.9 Å². The van der Waals surface area contributed by atoms with Crippen LogP contribution < -0.4 is 4.90 Å². The van der Waals surface area contributed by atoms with Crippen LogP contribution in [0.4, 0.5) is 11.5 Å². The topological polar surface area (TPSA) is 53.4 Å². The van der Waals surface area contributed by atoms with Gasteiger partial charge in [-0.15, -0.1) is 0 Å². The number of anilines is 2. The minimum atomic E-state index is -0.958. The molecule has 0 unspecified atom stereocenters. The van der Waals surface area contributed by atoms with Crippen molar-refractivity contribution >= 4 is 17.5 Å². The maximum Gasteiger partial charge on any atom is 0.337 e. The fourth-order valence-corrected chi connectivity index (χ4v) is 1.99. The van der Waals surface area contributed by atoms with Crippen LogP contribution in [0.1, 0.15) is 21.5 Å². The number of benzene rings is 1. The molecule has 0 saturated carbocycles. The van der Waals surface area contributed by atoms with Crippen molar-refractivity contribution in [2.45, 2.75) is 13.8 Å². The molecule has 0 radical (unpaired) electrons. The molecule has 98 valence electrons. The van der Waals surface area contributed by atoms with Gasteiger partial charge in [0.2, 0.25) is 0 Å². The van der Waals surface area contributed by atoms with Crippen molar-refractivity contribution in [1.29, 1.82) is 0 Å². The van der Waals surface area contributed by atoms with Crippen LogP contribution in [0.25, 0.3) is 0 Å². The van der Waals surface area contributed by atoms with E-state index < -0.39 is 5.97 Å². The van der Waals surface area contributed by atoms with Gasteiger partial charge in [0.1, 0.15) is 5.82 Å². The molecule has 0 bridgehead atoms. The third kappa shape index (κ3) is 2.73. The smallest absolute Gasteiger partial charge is 0.337 e. The second-order valence-corrected chi connectivity index (χ2v) is 4.57. The van der Waals surface area contributed by atoms with Crippen molar-refractivity contribution in [3.05, 3.63) is 53.2 Å². The fourth-order valence-electron chi connectivity index (χ4n) is 1.99. The van der Waals surface area contributed by atoms with Crippen molar-refractivity contribution in [1.82, 2.24) is 4.98 Å². The number of carboxylic acids is 1. The van der Waals surface area contributed by atoms with Gasteiger partial charge >= 0.3 is 5.97 Å². The molecule has 2 aromatic rings. The molecule has 0 spiro atoms. The Morgan fingerprint density at radius 2 is 2.00 bits per heavy atom. The molecule has 0 amide bonds. The van der Waals surface area contributed by atoms with Crippen molar-refractivity contribution in [3.8, 4) is 0 Å². The zero-order valence-corrected chi connectivity index (χ0v) is 11.2. The summed E-state index contributed by atoms with van der Waals surface area (Å²) in [6, 6.07) is 9.72. The summed E-state index contributed by atoms with van der Waals surface area (Å²) < 4.78 is 0. The summed E-state index contributed by atoms with van der Waals surface area (Å²) in [6.07, 6.45) is 1.39. The van der Waals surface area contributed by atoms with E-state index in [0.29, 0.717) is 0 Å². The normalized spacial score (nSPS) is 10.3. The Hall–Kier alpha value is -2.36. The number of aromatic carboxylic acids is 1. The molecule has 1 aromatic heterocycles. The lowest BCUT2D eigenvalue weighted by Crippen LogP contribution is -2.13. The first-order valence-electron chi connectivity index (χ1n) is 5.99. The van der Waals surface area contributed by atoms with Crippen molar-refractivity contribution < 1.29 is 9.90 Å². The SMILES string of the molecule is Cc1cccc(N(C)c2ncc(C(=O)O)cc2C)c1. The predicted molar refractivity (Wildman–Crippen MR) is 75.2 cm³/mol. The van der Waals surface area contributed by atoms with E-state index in [9.17, 15) is 4.79 Å². The third-order valence-electron chi connectivity index (χ3n) is 3.00. The Bertz CT molecular complexity index is 623. The highest BCUT2D eigenvalue weighted by molar-refractivity contribution is 5.88. The van der Waals surface area contributed by atoms with Crippen LogP contribution in [0.5, 0.6) is 0 Å². The van der Waals surface area contributed by atoms with Gasteiger partial charge in [-0.25, -0.2) is 9.78 Å². The minimum absolute atomic E-state index is 0.207. The Balaban J connectivity index is 2.39. The number of carboxylic acid groups (broad SMARTS) is 1. The van der Waals surface area contributed by atoms with Gasteiger partial charge < -0.3 is 10.0 Å². The zero-order chi connectivity index (χ0) is 14.0. The van der Waals surface area contributed by atoms with Gasteiger partial charge in [-0.2, -0.15) is 0 Å². The summed E-state index contributed by atoms with van der Waals surface area (Å²) in [6.45, 7) is 3.90. The molecule has 4 nitrogen and oxygen atoms in total. The molecule has 0 aliphatic carbocycles. The van der Waals surface area contributed by atoms with E-state index in [-0.39, 0.29) is 5.56 Å². The van der Waals surface area contributed by atoms with Gasteiger partial charge in [0.15, 0.2) is 0 Å². The summed E-state index contributed by atoms with van der Waals surface area (Å²) in [5.74, 6) is -0.198. The Morgan fingerprint density at radius 1 is 1.26 bits per heavy atom. The number of nitrogens with zero attached hydrogens (tertiary/aromatic N) is 2. The molecule has 0 aliphatic rings. The Morgan fingerprint density at radius 3 is 2.58 bits per heavy atom. The van der Waals surface area contributed by atoms with Crippen LogP contribution in [-0.2, 0) is 0 Å². The van der Waals surface area contributed by atoms with Gasteiger partial charge in [-0.1, -0.05) is 12.1 Å². The molecule has 0 atom stereocenters. The maximum atomic E-state index is 10.9. The number of pyridine rings is 1. The van der Waals surface area contributed by atoms with E-state index in [1.54, 1.807) is 6.07 Å². The molecule has 2 rings (SSSR count). The summed E-state index contributed by atoms with van der Waals surface area (Å²) in [5.41, 5.74) is 3.24. The molecule has 1 N–H and O–H groups in total. The van der Waals surface area contributed by atoms with E-state index in [4.69, 9.17) is 5.11 Å². The number of hydrogen-bond donors (Lipinski definition) is 1. The predicted octanol–water partition coefficient (Wildman–Crippen LogP) is 3.16. The molecule has 0 saturated heterocycles. The first-order valence-corrected chi connectivity index (χ1v) is 5.99.